The van der Waals surface area contributed by atoms with Crippen LogP contribution in [0.4, 0.5) is 0 Å². The molecule has 0 radical (unpaired) electrons. The maximum absolute atomic E-state index is 12.5. The van der Waals surface area contributed by atoms with Crippen LogP contribution in [-0.2, 0) is 4.79 Å². The molecule has 3 rings (SSSR count). The average molecular weight is 330 g/mol. The molecule has 1 heterocycles. The van der Waals surface area contributed by atoms with Crippen LogP contribution in [0.5, 0.6) is 0 Å². The van der Waals surface area contributed by atoms with E-state index >= 15 is 0 Å². The summed E-state index contributed by atoms with van der Waals surface area (Å²) in [7, 11) is 0. The summed E-state index contributed by atoms with van der Waals surface area (Å²) in [6.07, 6.45) is 3.67. The maximum atomic E-state index is 12.5. The van der Waals surface area contributed by atoms with Crippen molar-refractivity contribution in [2.24, 2.45) is 11.8 Å². The van der Waals surface area contributed by atoms with Crippen molar-refractivity contribution in [3.8, 4) is 0 Å². The highest BCUT2D eigenvalue weighted by Crippen LogP contribution is 2.44. The number of likely N-dealkylation sites (tertiary alicyclic amines) is 1. The van der Waals surface area contributed by atoms with E-state index in [4.69, 9.17) is 0 Å². The lowest BCUT2D eigenvalue weighted by molar-refractivity contribution is -0.129. The van der Waals surface area contributed by atoms with Crippen LogP contribution in [0.2, 0.25) is 0 Å². The van der Waals surface area contributed by atoms with Crippen LogP contribution in [-0.4, -0.2) is 47.1 Å². The zero-order valence-electron chi connectivity index (χ0n) is 14.2. The van der Waals surface area contributed by atoms with E-state index in [9.17, 15) is 14.7 Å². The fraction of sp³-hybridized carbons (Fsp3) is 0.579. The predicted octanol–water partition coefficient (Wildman–Crippen LogP) is 1.82. The second-order valence-corrected chi connectivity index (χ2v) is 7.06. The van der Waals surface area contributed by atoms with Crippen molar-refractivity contribution in [2.45, 2.75) is 38.2 Å². The van der Waals surface area contributed by atoms with Gasteiger partial charge < -0.3 is 15.3 Å². The zero-order chi connectivity index (χ0) is 17.2. The van der Waals surface area contributed by atoms with Gasteiger partial charge in [-0.25, -0.2) is 0 Å². The Kier molecular flexibility index (Phi) is 4.90. The summed E-state index contributed by atoms with van der Waals surface area (Å²) in [5, 5.41) is 13.5. The molecule has 1 saturated carbocycles. The summed E-state index contributed by atoms with van der Waals surface area (Å²) < 4.78 is 0. The van der Waals surface area contributed by atoms with Gasteiger partial charge in [-0.15, -0.1) is 0 Å². The van der Waals surface area contributed by atoms with E-state index in [0.717, 1.165) is 25.7 Å². The largest absolute Gasteiger partial charge is 0.390 e. The van der Waals surface area contributed by atoms with Crippen LogP contribution in [0.15, 0.2) is 30.3 Å². The number of aliphatic hydroxyl groups is 1. The van der Waals surface area contributed by atoms with E-state index < -0.39 is 5.60 Å². The van der Waals surface area contributed by atoms with Crippen LogP contribution in [0, 0.1) is 11.8 Å². The molecule has 2 N–H and O–H groups in total. The van der Waals surface area contributed by atoms with Crippen molar-refractivity contribution >= 4 is 11.8 Å². The number of carbonyl (C=O) groups excluding carboxylic acids is 2. The highest BCUT2D eigenvalue weighted by Gasteiger charge is 2.48. The summed E-state index contributed by atoms with van der Waals surface area (Å²) >= 11 is 0. The van der Waals surface area contributed by atoms with Gasteiger partial charge in [0.15, 0.2) is 0 Å². The lowest BCUT2D eigenvalue weighted by Crippen LogP contribution is -2.45. The highest BCUT2D eigenvalue weighted by molar-refractivity contribution is 5.96. The number of nitrogens with zero attached hydrogens (tertiary/aromatic N) is 1. The van der Waals surface area contributed by atoms with E-state index in [1.165, 1.54) is 0 Å². The number of carbonyl (C=O) groups is 2. The molecule has 24 heavy (non-hydrogen) atoms. The van der Waals surface area contributed by atoms with E-state index in [-0.39, 0.29) is 24.3 Å². The number of fused-ring (bicyclic) bond motifs is 1. The summed E-state index contributed by atoms with van der Waals surface area (Å²) in [5.74, 6) is 0.264. The van der Waals surface area contributed by atoms with Gasteiger partial charge in [-0.2, -0.15) is 0 Å². The van der Waals surface area contributed by atoms with Crippen molar-refractivity contribution in [1.29, 1.82) is 0 Å². The molecule has 5 heteroatoms. The predicted molar refractivity (Wildman–Crippen MR) is 91.4 cm³/mol. The van der Waals surface area contributed by atoms with Crippen LogP contribution >= 0.6 is 0 Å². The molecule has 1 aromatic carbocycles. The molecule has 1 saturated heterocycles. The van der Waals surface area contributed by atoms with Crippen molar-refractivity contribution < 1.29 is 14.7 Å². The Balaban J connectivity index is 1.56. The Morgan fingerprint density at radius 2 is 2.04 bits per heavy atom. The zero-order valence-corrected chi connectivity index (χ0v) is 14.2. The first kappa shape index (κ1) is 17.0. The van der Waals surface area contributed by atoms with Crippen molar-refractivity contribution in [3.63, 3.8) is 0 Å². The van der Waals surface area contributed by atoms with Gasteiger partial charge in [0.1, 0.15) is 0 Å². The molecule has 5 nitrogen and oxygen atoms in total. The lowest BCUT2D eigenvalue weighted by atomic mass is 9.69. The second kappa shape index (κ2) is 6.93. The molecule has 1 aliphatic carbocycles. The van der Waals surface area contributed by atoms with Crippen molar-refractivity contribution in [2.75, 3.05) is 19.6 Å². The van der Waals surface area contributed by atoms with Crippen LogP contribution < -0.4 is 5.32 Å². The fourth-order valence-electron chi connectivity index (χ4n) is 4.23. The smallest absolute Gasteiger partial charge is 0.251 e. The van der Waals surface area contributed by atoms with Gasteiger partial charge in [0, 0.05) is 24.6 Å². The molecule has 3 atom stereocenters. The molecule has 1 aromatic rings. The number of nitrogens with one attached hydrogen (secondary N) is 1. The van der Waals surface area contributed by atoms with Gasteiger partial charge in [0.05, 0.1) is 12.1 Å². The minimum absolute atomic E-state index is 0.0116. The number of amides is 2. The SMILES string of the molecule is CC[C@@]1(O)CCC[C@@H]2CN(C(=O)CNC(=O)c3ccccc3)C[C@@H]21. The molecule has 2 fully saturated rings. The van der Waals surface area contributed by atoms with Gasteiger partial charge in [-0.3, -0.25) is 9.59 Å². The molecule has 1 aliphatic heterocycles. The topological polar surface area (TPSA) is 69.6 Å². The van der Waals surface area contributed by atoms with E-state index in [0.29, 0.717) is 24.6 Å². The Labute approximate surface area is 143 Å². The van der Waals surface area contributed by atoms with Gasteiger partial charge in [-0.05, 0) is 37.3 Å². The number of hydrogen-bond acceptors (Lipinski definition) is 3. The van der Waals surface area contributed by atoms with Crippen LogP contribution in [0.3, 0.4) is 0 Å². The molecule has 130 valence electrons. The molecular weight excluding hydrogens is 304 g/mol. The van der Waals surface area contributed by atoms with E-state index in [2.05, 4.69) is 5.32 Å². The Hall–Kier alpha value is -1.88. The Morgan fingerprint density at radius 1 is 1.29 bits per heavy atom. The first-order chi connectivity index (χ1) is 11.5. The summed E-state index contributed by atoms with van der Waals surface area (Å²) in [5.41, 5.74) is -0.0774. The summed E-state index contributed by atoms with van der Waals surface area (Å²) in [4.78, 5) is 26.3. The standard InChI is InChI=1S/C19H26N2O3/c1-2-19(24)10-6-9-15-12-21(13-16(15)19)17(22)11-20-18(23)14-7-4-3-5-8-14/h3-5,7-8,15-16,24H,2,6,9-13H2,1H3,(H,20,23)/t15-,16+,19-/m1/s1. The third kappa shape index (κ3) is 3.31. The molecule has 0 bridgehead atoms. The van der Waals surface area contributed by atoms with Crippen LogP contribution in [0.1, 0.15) is 43.0 Å². The fourth-order valence-corrected chi connectivity index (χ4v) is 4.23. The lowest BCUT2D eigenvalue weighted by Gasteiger charge is -2.40. The van der Waals surface area contributed by atoms with Gasteiger partial charge in [0.25, 0.3) is 5.91 Å². The van der Waals surface area contributed by atoms with E-state index in [1.54, 1.807) is 24.3 Å². The summed E-state index contributed by atoms with van der Waals surface area (Å²) in [6.45, 7) is 3.34. The van der Waals surface area contributed by atoms with Gasteiger partial charge in [0.2, 0.25) is 5.91 Å². The normalized spacial score (nSPS) is 29.2. The number of rotatable bonds is 4. The monoisotopic (exact) mass is 330 g/mol. The van der Waals surface area contributed by atoms with Gasteiger partial charge in [-0.1, -0.05) is 31.5 Å². The highest BCUT2D eigenvalue weighted by atomic mass is 16.3. The number of benzene rings is 1. The number of hydrogen-bond donors (Lipinski definition) is 2. The minimum Gasteiger partial charge on any atom is -0.390 e. The third-order valence-electron chi connectivity index (χ3n) is 5.72. The van der Waals surface area contributed by atoms with Crippen LogP contribution in [0.25, 0.3) is 0 Å². The van der Waals surface area contributed by atoms with E-state index in [1.807, 2.05) is 17.9 Å². The van der Waals surface area contributed by atoms with Crippen molar-refractivity contribution in [3.05, 3.63) is 35.9 Å². The quantitative estimate of drug-likeness (QED) is 0.885. The summed E-state index contributed by atoms with van der Waals surface area (Å²) in [6, 6.07) is 8.90. The third-order valence-corrected chi connectivity index (χ3v) is 5.72. The van der Waals surface area contributed by atoms with Gasteiger partial charge >= 0.3 is 0 Å². The first-order valence-corrected chi connectivity index (χ1v) is 8.87. The molecular formula is C19H26N2O3. The molecule has 2 amide bonds. The molecule has 0 aromatic heterocycles. The molecule has 0 spiro atoms. The Morgan fingerprint density at radius 3 is 2.75 bits per heavy atom. The second-order valence-electron chi connectivity index (χ2n) is 7.06. The first-order valence-electron chi connectivity index (χ1n) is 8.87. The average Bonchev–Trinajstić information content (AvgIpc) is 3.06. The molecule has 0 unspecified atom stereocenters. The maximum Gasteiger partial charge on any atom is 0.251 e. The molecule has 2 aliphatic rings. The Bertz CT molecular complexity index is 604. The minimum atomic E-state index is -0.634. The van der Waals surface area contributed by atoms with Crippen molar-refractivity contribution in [1.82, 2.24) is 10.2 Å².